The van der Waals surface area contributed by atoms with Crippen molar-refractivity contribution < 1.29 is 10.6 Å². The van der Waals surface area contributed by atoms with Gasteiger partial charge in [0, 0.05) is 13.9 Å². The van der Waals surface area contributed by atoms with Crippen molar-refractivity contribution in [1.82, 2.24) is 5.32 Å². The Morgan fingerprint density at radius 1 is 1.60 bits per heavy atom. The van der Waals surface area contributed by atoms with Crippen LogP contribution in [-0.4, -0.2) is 13.0 Å². The summed E-state index contributed by atoms with van der Waals surface area (Å²) in [6, 6.07) is 1.84. The summed E-state index contributed by atoms with van der Waals surface area (Å²) in [4.78, 5) is 11.5. The van der Waals surface area contributed by atoms with Crippen molar-refractivity contribution in [3.63, 3.8) is 0 Å². The molecule has 0 spiro atoms. The van der Waals surface area contributed by atoms with E-state index in [1.54, 1.807) is 7.05 Å². The third-order valence-corrected chi connectivity index (χ3v) is 2.94. The number of aryl methyl sites for hydroxylation is 1. The van der Waals surface area contributed by atoms with Crippen LogP contribution in [0.15, 0.2) is 10.5 Å². The Morgan fingerprint density at radius 3 is 2.67 bits per heavy atom. The fourth-order valence-corrected chi connectivity index (χ4v) is 1.35. The van der Waals surface area contributed by atoms with Crippen LogP contribution in [0.4, 0.5) is 0 Å². The van der Waals surface area contributed by atoms with Gasteiger partial charge in [-0.3, -0.25) is 4.79 Å². The highest BCUT2D eigenvalue weighted by atomic mass is 16.3. The lowest BCUT2D eigenvalue weighted by molar-refractivity contribution is 0.0961. The first-order valence-electron chi connectivity index (χ1n) is 5.25. The van der Waals surface area contributed by atoms with E-state index in [0.29, 0.717) is 11.3 Å². The van der Waals surface area contributed by atoms with Crippen LogP contribution in [0.2, 0.25) is 0 Å². The van der Waals surface area contributed by atoms with Crippen LogP contribution in [-0.2, 0) is 5.41 Å². The van der Waals surface area contributed by atoms with Gasteiger partial charge in [0.25, 0.3) is 5.91 Å². The molecule has 3 nitrogen and oxygen atoms in total. The molecule has 0 aliphatic heterocycles. The van der Waals surface area contributed by atoms with Gasteiger partial charge in [-0.25, -0.2) is 0 Å². The number of nitrogens with one attached hydrogen (secondary N) is 1. The topological polar surface area (TPSA) is 42.2 Å². The van der Waals surface area contributed by atoms with Crippen molar-refractivity contribution in [1.29, 1.82) is 0 Å². The molecule has 1 heterocycles. The van der Waals surface area contributed by atoms with Crippen molar-refractivity contribution in [2.24, 2.45) is 0 Å². The third-order valence-electron chi connectivity index (χ3n) is 2.94. The van der Waals surface area contributed by atoms with Crippen molar-refractivity contribution in [2.75, 3.05) is 7.05 Å². The van der Waals surface area contributed by atoms with Crippen molar-refractivity contribution in [2.45, 2.75) is 39.5 Å². The molecule has 0 radical (unpaired) electrons. The molecule has 3 heteroatoms. The summed E-state index contributed by atoms with van der Waals surface area (Å²) in [7, 11) is 1.62. The second kappa shape index (κ2) is 4.09. The lowest BCUT2D eigenvalue weighted by Gasteiger charge is -2.18. The van der Waals surface area contributed by atoms with Crippen molar-refractivity contribution in [3.05, 3.63) is 23.2 Å². The van der Waals surface area contributed by atoms with E-state index in [0.717, 1.165) is 12.2 Å². The Kier molecular flexibility index (Phi) is 3.22. The number of amides is 1. The van der Waals surface area contributed by atoms with Crippen LogP contribution in [0.25, 0.3) is 0 Å². The average Bonchev–Trinajstić information content (AvgIpc) is 2.60. The molecule has 0 aromatic carbocycles. The van der Waals surface area contributed by atoms with Gasteiger partial charge in [0.1, 0.15) is 11.5 Å². The van der Waals surface area contributed by atoms with Gasteiger partial charge in [-0.1, -0.05) is 20.8 Å². The highest BCUT2D eigenvalue weighted by Gasteiger charge is 2.25. The van der Waals surface area contributed by atoms with Gasteiger partial charge in [0.05, 0.1) is 5.56 Å². The summed E-state index contributed by atoms with van der Waals surface area (Å²) in [5.74, 6) is 1.47. The quantitative estimate of drug-likeness (QED) is 0.835. The number of rotatable bonds is 3. The summed E-state index contributed by atoms with van der Waals surface area (Å²) in [5, 5.41) is 2.61. The van der Waals surface area contributed by atoms with Gasteiger partial charge in [-0.2, -0.15) is 0 Å². The molecule has 0 unspecified atom stereocenters. The van der Waals surface area contributed by atoms with Crippen LogP contribution >= 0.6 is 0 Å². The first-order valence-corrected chi connectivity index (χ1v) is 5.25. The first kappa shape index (κ1) is 11.8. The molecule has 15 heavy (non-hydrogen) atoms. The Hall–Kier alpha value is -1.25. The van der Waals surface area contributed by atoms with E-state index in [2.05, 4.69) is 26.1 Å². The first-order chi connectivity index (χ1) is 6.92. The molecule has 1 N–H and O–H groups in total. The molecule has 1 amide bonds. The molecule has 1 rings (SSSR count). The number of hydrogen-bond donors (Lipinski definition) is 1. The van der Waals surface area contributed by atoms with Gasteiger partial charge < -0.3 is 9.73 Å². The molecule has 86 valence electrons. The van der Waals surface area contributed by atoms with Crippen LogP contribution in [0.5, 0.6) is 0 Å². The molecule has 0 saturated heterocycles. The summed E-state index contributed by atoms with van der Waals surface area (Å²) in [6.07, 6.45) is 0.979. The molecule has 0 aliphatic rings. The molecule has 0 fully saturated rings. The number of carbonyl (C=O) groups excluding carboxylic acids is 1. The largest absolute Gasteiger partial charge is 0.465 e. The lowest BCUT2D eigenvalue weighted by Crippen LogP contribution is -2.18. The zero-order chi connectivity index (χ0) is 11.6. The standard InChI is InChI=1S/C12H19NO2.H2/c1-6-12(3,4)10-7-9(8(2)15-10)11(14)13-5;/h7H,6H2,1-5H3,(H,13,14);1H. The predicted octanol–water partition coefficient (Wildman–Crippen LogP) is 2.88. The maximum absolute atomic E-state index is 11.5. The Labute approximate surface area is 92.3 Å². The fourth-order valence-electron chi connectivity index (χ4n) is 1.35. The van der Waals surface area contributed by atoms with E-state index in [1.807, 2.05) is 13.0 Å². The van der Waals surface area contributed by atoms with E-state index in [1.165, 1.54) is 0 Å². The number of furan rings is 1. The minimum atomic E-state index is -0.0885. The maximum Gasteiger partial charge on any atom is 0.254 e. The van der Waals surface area contributed by atoms with Crippen LogP contribution in [0.1, 0.15) is 50.5 Å². The Balaban J connectivity index is 0.00000225. The van der Waals surface area contributed by atoms with Gasteiger partial charge >= 0.3 is 0 Å². The van der Waals surface area contributed by atoms with E-state index in [4.69, 9.17) is 4.42 Å². The van der Waals surface area contributed by atoms with Gasteiger partial charge in [-0.15, -0.1) is 0 Å². The molecule has 0 saturated carbocycles. The normalized spacial score (nSPS) is 11.5. The lowest BCUT2D eigenvalue weighted by atomic mass is 9.87. The van der Waals surface area contributed by atoms with E-state index < -0.39 is 0 Å². The fraction of sp³-hybridized carbons (Fsp3) is 0.583. The minimum absolute atomic E-state index is 0. The van der Waals surface area contributed by atoms with E-state index in [-0.39, 0.29) is 12.7 Å². The highest BCUT2D eigenvalue weighted by molar-refractivity contribution is 5.95. The molecule has 0 bridgehead atoms. The zero-order valence-corrected chi connectivity index (χ0v) is 10.1. The third kappa shape index (κ3) is 2.22. The Morgan fingerprint density at radius 2 is 2.20 bits per heavy atom. The molecule has 0 atom stereocenters. The predicted molar refractivity (Wildman–Crippen MR) is 62.3 cm³/mol. The van der Waals surface area contributed by atoms with Crippen LogP contribution in [0, 0.1) is 6.92 Å². The number of hydrogen-bond acceptors (Lipinski definition) is 2. The molecule has 1 aromatic rings. The highest BCUT2D eigenvalue weighted by Crippen LogP contribution is 2.30. The van der Waals surface area contributed by atoms with Gasteiger partial charge in [0.2, 0.25) is 0 Å². The Bertz CT molecular complexity index is 369. The molecule has 0 aliphatic carbocycles. The maximum atomic E-state index is 11.5. The van der Waals surface area contributed by atoms with Crippen molar-refractivity contribution >= 4 is 5.91 Å². The van der Waals surface area contributed by atoms with Crippen LogP contribution < -0.4 is 5.32 Å². The van der Waals surface area contributed by atoms with Crippen LogP contribution in [0.3, 0.4) is 0 Å². The molecule has 1 aromatic heterocycles. The average molecular weight is 211 g/mol. The van der Waals surface area contributed by atoms with Gasteiger partial charge in [0.15, 0.2) is 0 Å². The summed E-state index contributed by atoms with van der Waals surface area (Å²) in [6.45, 7) is 8.15. The van der Waals surface area contributed by atoms with E-state index in [9.17, 15) is 4.79 Å². The summed E-state index contributed by atoms with van der Waals surface area (Å²) < 4.78 is 5.63. The smallest absolute Gasteiger partial charge is 0.254 e. The second-order valence-corrected chi connectivity index (χ2v) is 4.40. The number of carbonyl (C=O) groups is 1. The minimum Gasteiger partial charge on any atom is -0.465 e. The molecular weight excluding hydrogens is 190 g/mol. The SMILES string of the molecule is CCC(C)(C)c1cc(C(=O)NC)c(C)o1.[HH]. The van der Waals surface area contributed by atoms with Crippen molar-refractivity contribution in [3.8, 4) is 0 Å². The zero-order valence-electron chi connectivity index (χ0n) is 10.1. The second-order valence-electron chi connectivity index (χ2n) is 4.40. The van der Waals surface area contributed by atoms with E-state index >= 15 is 0 Å². The summed E-state index contributed by atoms with van der Waals surface area (Å²) in [5.41, 5.74) is 0.617. The molecular formula is C12H21NO2. The monoisotopic (exact) mass is 211 g/mol. The summed E-state index contributed by atoms with van der Waals surface area (Å²) >= 11 is 0. The van der Waals surface area contributed by atoms with Gasteiger partial charge in [-0.05, 0) is 19.4 Å².